The van der Waals surface area contributed by atoms with E-state index in [1.54, 1.807) is 0 Å². The molecule has 0 saturated carbocycles. The third-order valence-corrected chi connectivity index (χ3v) is 3.94. The average molecular weight is 404 g/mol. The summed E-state index contributed by atoms with van der Waals surface area (Å²) in [7, 11) is 4.20. The fraction of sp³-hybridized carbons (Fsp3) is 0.263. The molecule has 0 heterocycles. The second-order valence-electron chi connectivity index (χ2n) is 5.72. The first-order chi connectivity index (χ1) is 13.8. The maximum absolute atomic E-state index is 12.5. The number of benzene rings is 2. The van der Waals surface area contributed by atoms with E-state index >= 15 is 0 Å². The third-order valence-electron chi connectivity index (χ3n) is 3.94. The van der Waals surface area contributed by atoms with Gasteiger partial charge in [-0.1, -0.05) is 12.1 Å². The van der Waals surface area contributed by atoms with Gasteiger partial charge >= 0.3 is 5.97 Å². The van der Waals surface area contributed by atoms with Crippen LogP contribution in [0.3, 0.4) is 0 Å². The van der Waals surface area contributed by atoms with Crippen molar-refractivity contribution < 1.29 is 33.5 Å². The highest BCUT2D eigenvalue weighted by atomic mass is 16.6. The van der Waals surface area contributed by atoms with Crippen molar-refractivity contribution in [2.45, 2.75) is 13.0 Å². The number of para-hydroxylation sites is 2. The maximum atomic E-state index is 12.5. The Kier molecular flexibility index (Phi) is 6.96. The topological polar surface area (TPSA) is 126 Å². The van der Waals surface area contributed by atoms with E-state index in [1.165, 1.54) is 64.7 Å². The lowest BCUT2D eigenvalue weighted by atomic mass is 10.1. The van der Waals surface area contributed by atoms with Gasteiger partial charge in [0.05, 0.1) is 26.3 Å². The van der Waals surface area contributed by atoms with Crippen LogP contribution in [0.2, 0.25) is 0 Å². The van der Waals surface area contributed by atoms with Gasteiger partial charge in [0.25, 0.3) is 11.6 Å². The van der Waals surface area contributed by atoms with E-state index in [-0.39, 0.29) is 28.4 Å². The average Bonchev–Trinajstić information content (AvgIpc) is 2.72. The number of nitro groups is 1. The summed E-state index contributed by atoms with van der Waals surface area (Å²) in [5, 5.41) is 13.4. The Hall–Kier alpha value is -3.82. The number of nitrogens with one attached hydrogen (secondary N) is 1. The van der Waals surface area contributed by atoms with Crippen molar-refractivity contribution in [3.05, 3.63) is 52.1 Å². The minimum Gasteiger partial charge on any atom is -0.496 e. The summed E-state index contributed by atoms with van der Waals surface area (Å²) in [5.74, 6) is -0.778. The standard InChI is InChI=1S/C19H20N2O8/c1-11(18(22)20-13-7-5-6-8-14(13)21(24)25)29-19(23)12-9-16(27-3)17(28-4)10-15(12)26-2/h5-11H,1-4H3,(H,20,22)/t11-/m0/s1. The number of esters is 1. The molecule has 0 aromatic heterocycles. The summed E-state index contributed by atoms with van der Waals surface area (Å²) < 4.78 is 20.7. The summed E-state index contributed by atoms with van der Waals surface area (Å²) in [4.78, 5) is 35.3. The van der Waals surface area contributed by atoms with E-state index in [2.05, 4.69) is 5.32 Å². The van der Waals surface area contributed by atoms with E-state index in [0.717, 1.165) is 0 Å². The highest BCUT2D eigenvalue weighted by Gasteiger charge is 2.25. The molecule has 0 saturated heterocycles. The molecule has 0 radical (unpaired) electrons. The van der Waals surface area contributed by atoms with Crippen LogP contribution in [-0.2, 0) is 9.53 Å². The molecule has 1 atom stereocenters. The minimum absolute atomic E-state index is 0.00547. The van der Waals surface area contributed by atoms with Crippen LogP contribution in [0.4, 0.5) is 11.4 Å². The number of carbonyl (C=O) groups is 2. The van der Waals surface area contributed by atoms with Gasteiger partial charge in [0.2, 0.25) is 0 Å². The molecular weight excluding hydrogens is 384 g/mol. The monoisotopic (exact) mass is 404 g/mol. The maximum Gasteiger partial charge on any atom is 0.342 e. The quantitative estimate of drug-likeness (QED) is 0.404. The van der Waals surface area contributed by atoms with Crippen LogP contribution in [0.1, 0.15) is 17.3 Å². The summed E-state index contributed by atoms with van der Waals surface area (Å²) in [6, 6.07) is 8.46. The molecular formula is C19H20N2O8. The van der Waals surface area contributed by atoms with Crippen LogP contribution < -0.4 is 19.5 Å². The normalized spacial score (nSPS) is 11.2. The Bertz CT molecular complexity index is 928. The minimum atomic E-state index is -1.24. The van der Waals surface area contributed by atoms with Crippen LogP contribution in [-0.4, -0.2) is 44.2 Å². The van der Waals surface area contributed by atoms with Gasteiger partial charge in [0, 0.05) is 18.2 Å². The van der Waals surface area contributed by atoms with Crippen LogP contribution >= 0.6 is 0 Å². The molecule has 0 aliphatic heterocycles. The van der Waals surface area contributed by atoms with Crippen molar-refractivity contribution in [3.8, 4) is 17.2 Å². The summed E-state index contributed by atoms with van der Waals surface area (Å²) in [5.41, 5.74) is -0.259. The molecule has 2 aromatic carbocycles. The highest BCUT2D eigenvalue weighted by Crippen LogP contribution is 2.35. The van der Waals surface area contributed by atoms with Crippen molar-refractivity contribution in [1.82, 2.24) is 0 Å². The van der Waals surface area contributed by atoms with Gasteiger partial charge in [0.15, 0.2) is 17.6 Å². The molecule has 2 aromatic rings. The lowest BCUT2D eigenvalue weighted by Gasteiger charge is -2.16. The number of rotatable bonds is 8. The summed E-state index contributed by atoms with van der Waals surface area (Å²) in [6.07, 6.45) is -1.24. The van der Waals surface area contributed by atoms with E-state index < -0.39 is 22.9 Å². The number of ether oxygens (including phenoxy) is 4. The Morgan fingerprint density at radius 2 is 1.59 bits per heavy atom. The highest BCUT2D eigenvalue weighted by molar-refractivity contribution is 5.99. The van der Waals surface area contributed by atoms with Crippen LogP contribution in [0.15, 0.2) is 36.4 Å². The van der Waals surface area contributed by atoms with Gasteiger partial charge < -0.3 is 24.3 Å². The number of anilines is 1. The first kappa shape index (κ1) is 21.5. The Balaban J connectivity index is 2.18. The fourth-order valence-corrected chi connectivity index (χ4v) is 2.44. The van der Waals surface area contributed by atoms with E-state index in [4.69, 9.17) is 18.9 Å². The molecule has 29 heavy (non-hydrogen) atoms. The van der Waals surface area contributed by atoms with Crippen LogP contribution in [0, 0.1) is 10.1 Å². The van der Waals surface area contributed by atoms with Gasteiger partial charge in [-0.15, -0.1) is 0 Å². The van der Waals surface area contributed by atoms with Crippen LogP contribution in [0.25, 0.3) is 0 Å². The molecule has 0 bridgehead atoms. The smallest absolute Gasteiger partial charge is 0.342 e. The molecule has 1 amide bonds. The first-order valence-corrected chi connectivity index (χ1v) is 8.37. The number of nitro benzene ring substituents is 1. The molecule has 154 valence electrons. The largest absolute Gasteiger partial charge is 0.496 e. The Morgan fingerprint density at radius 3 is 2.17 bits per heavy atom. The molecule has 0 unspecified atom stereocenters. The van der Waals surface area contributed by atoms with Crippen molar-refractivity contribution in [2.75, 3.05) is 26.6 Å². The molecule has 0 spiro atoms. The van der Waals surface area contributed by atoms with Gasteiger partial charge in [0.1, 0.15) is 17.0 Å². The zero-order valence-corrected chi connectivity index (χ0v) is 16.3. The Labute approximate surface area is 166 Å². The second kappa shape index (κ2) is 9.40. The van der Waals surface area contributed by atoms with Crippen LogP contribution in [0.5, 0.6) is 17.2 Å². The lowest BCUT2D eigenvalue weighted by molar-refractivity contribution is -0.383. The molecule has 0 aliphatic carbocycles. The number of carbonyl (C=O) groups excluding carboxylic acids is 2. The lowest BCUT2D eigenvalue weighted by Crippen LogP contribution is -2.30. The molecule has 2 rings (SSSR count). The predicted molar refractivity (Wildman–Crippen MR) is 103 cm³/mol. The SMILES string of the molecule is COc1cc(OC)c(C(=O)O[C@@H](C)C(=O)Nc2ccccc2[N+](=O)[O-])cc1OC. The number of methoxy groups -OCH3 is 3. The summed E-state index contributed by atoms with van der Waals surface area (Å²) >= 11 is 0. The van der Waals surface area contributed by atoms with E-state index in [0.29, 0.717) is 5.75 Å². The van der Waals surface area contributed by atoms with Crippen molar-refractivity contribution in [3.63, 3.8) is 0 Å². The van der Waals surface area contributed by atoms with Crippen molar-refractivity contribution in [1.29, 1.82) is 0 Å². The van der Waals surface area contributed by atoms with Gasteiger partial charge in [-0.2, -0.15) is 0 Å². The number of nitrogens with zero attached hydrogens (tertiary/aromatic N) is 1. The number of amides is 1. The summed E-state index contributed by atoms with van der Waals surface area (Å²) in [6.45, 7) is 1.34. The third kappa shape index (κ3) is 4.92. The second-order valence-corrected chi connectivity index (χ2v) is 5.72. The number of hydrogen-bond acceptors (Lipinski definition) is 8. The molecule has 10 nitrogen and oxygen atoms in total. The number of hydrogen-bond donors (Lipinski definition) is 1. The molecule has 0 aliphatic rings. The molecule has 0 fully saturated rings. The fourth-order valence-electron chi connectivity index (χ4n) is 2.44. The van der Waals surface area contributed by atoms with Gasteiger partial charge in [-0.3, -0.25) is 14.9 Å². The van der Waals surface area contributed by atoms with Gasteiger partial charge in [-0.25, -0.2) is 4.79 Å². The Morgan fingerprint density at radius 1 is 1.00 bits per heavy atom. The molecule has 1 N–H and O–H groups in total. The zero-order chi connectivity index (χ0) is 21.6. The van der Waals surface area contributed by atoms with Crippen molar-refractivity contribution in [2.24, 2.45) is 0 Å². The van der Waals surface area contributed by atoms with E-state index in [1.807, 2.05) is 0 Å². The zero-order valence-electron chi connectivity index (χ0n) is 16.3. The van der Waals surface area contributed by atoms with Crippen molar-refractivity contribution >= 4 is 23.3 Å². The first-order valence-electron chi connectivity index (χ1n) is 8.37. The molecule has 10 heteroatoms. The van der Waals surface area contributed by atoms with Gasteiger partial charge in [-0.05, 0) is 13.0 Å². The predicted octanol–water partition coefficient (Wildman–Crippen LogP) is 2.80. The van der Waals surface area contributed by atoms with E-state index in [9.17, 15) is 19.7 Å².